The zero-order valence-corrected chi connectivity index (χ0v) is 17.0. The maximum atomic E-state index is 12.0. The van der Waals surface area contributed by atoms with Crippen molar-refractivity contribution >= 4 is 51.1 Å². The summed E-state index contributed by atoms with van der Waals surface area (Å²) in [6, 6.07) is 16.1. The molecule has 1 N–H and O–H groups in total. The molecule has 0 fully saturated rings. The summed E-state index contributed by atoms with van der Waals surface area (Å²) < 4.78 is 2.02. The van der Waals surface area contributed by atoms with Gasteiger partial charge in [0.1, 0.15) is 0 Å². The van der Waals surface area contributed by atoms with Crippen molar-refractivity contribution in [3.8, 4) is 0 Å². The maximum Gasteiger partial charge on any atom is 0.250 e. The van der Waals surface area contributed by atoms with E-state index in [0.29, 0.717) is 0 Å². The molecule has 0 aliphatic rings. The van der Waals surface area contributed by atoms with Crippen molar-refractivity contribution in [1.82, 2.24) is 10.4 Å². The van der Waals surface area contributed by atoms with Crippen LogP contribution in [0, 0.1) is 0 Å². The molecule has 0 spiro atoms. The largest absolute Gasteiger partial charge is 0.372 e. The number of hydrogen-bond donors (Lipinski definition) is 1. The number of hydrogen-bond acceptors (Lipinski definition) is 6. The lowest BCUT2D eigenvalue weighted by atomic mass is 10.2. The van der Waals surface area contributed by atoms with Gasteiger partial charge in [0.2, 0.25) is 0 Å². The van der Waals surface area contributed by atoms with Crippen LogP contribution in [-0.2, 0) is 4.79 Å². The number of fused-ring (bicyclic) bond motifs is 1. The molecular weight excluding hydrogens is 376 g/mol. The molecule has 3 rings (SSSR count). The van der Waals surface area contributed by atoms with Gasteiger partial charge in [0.05, 0.1) is 22.2 Å². The number of benzene rings is 2. The van der Waals surface area contributed by atoms with E-state index < -0.39 is 0 Å². The minimum absolute atomic E-state index is 0.143. The number of aromatic nitrogens is 1. The van der Waals surface area contributed by atoms with Crippen molar-refractivity contribution in [1.29, 1.82) is 0 Å². The fourth-order valence-electron chi connectivity index (χ4n) is 2.61. The van der Waals surface area contributed by atoms with Gasteiger partial charge in [-0.15, -0.1) is 11.3 Å². The molecule has 0 bridgehead atoms. The van der Waals surface area contributed by atoms with Crippen LogP contribution in [0.1, 0.15) is 19.4 Å². The Labute approximate surface area is 167 Å². The lowest BCUT2D eigenvalue weighted by Crippen LogP contribution is -2.21. The average molecular weight is 399 g/mol. The van der Waals surface area contributed by atoms with Gasteiger partial charge in [-0.3, -0.25) is 4.79 Å². The summed E-state index contributed by atoms with van der Waals surface area (Å²) >= 11 is 3.02. The minimum Gasteiger partial charge on any atom is -0.372 e. The molecule has 2 aromatic carbocycles. The summed E-state index contributed by atoms with van der Waals surface area (Å²) in [6.07, 6.45) is 1.66. The first kappa shape index (κ1) is 19.4. The second-order valence-electron chi connectivity index (χ2n) is 5.79. The van der Waals surface area contributed by atoms with E-state index in [2.05, 4.69) is 46.4 Å². The Morgan fingerprint density at radius 2 is 1.93 bits per heavy atom. The molecule has 5 nitrogen and oxygen atoms in total. The number of hydrazone groups is 1. The molecule has 0 aliphatic heterocycles. The van der Waals surface area contributed by atoms with Crippen LogP contribution >= 0.6 is 23.1 Å². The molecule has 0 saturated carbocycles. The van der Waals surface area contributed by atoms with Gasteiger partial charge in [-0.05, 0) is 43.7 Å². The van der Waals surface area contributed by atoms with Crippen LogP contribution in [0.5, 0.6) is 0 Å². The summed E-state index contributed by atoms with van der Waals surface area (Å²) in [5, 5.41) is 4.04. The van der Waals surface area contributed by atoms with E-state index >= 15 is 0 Å². The van der Waals surface area contributed by atoms with Crippen molar-refractivity contribution in [2.75, 3.05) is 23.7 Å². The molecule has 0 atom stereocenters. The predicted octanol–water partition coefficient (Wildman–Crippen LogP) is 4.38. The molecule has 27 heavy (non-hydrogen) atoms. The number of amides is 1. The van der Waals surface area contributed by atoms with Gasteiger partial charge in [-0.2, -0.15) is 5.10 Å². The number of nitrogens with one attached hydrogen (secondary N) is 1. The quantitative estimate of drug-likeness (QED) is 0.347. The first-order valence-electron chi connectivity index (χ1n) is 8.85. The molecule has 1 amide bonds. The third-order valence-electron chi connectivity index (χ3n) is 4.03. The molecule has 1 aromatic heterocycles. The third kappa shape index (κ3) is 5.30. The molecule has 0 unspecified atom stereocenters. The lowest BCUT2D eigenvalue weighted by Gasteiger charge is -2.20. The van der Waals surface area contributed by atoms with Gasteiger partial charge >= 0.3 is 0 Å². The average Bonchev–Trinajstić information content (AvgIpc) is 3.11. The monoisotopic (exact) mass is 398 g/mol. The Morgan fingerprint density at radius 3 is 2.63 bits per heavy atom. The first-order valence-corrected chi connectivity index (χ1v) is 10.6. The highest BCUT2D eigenvalue weighted by Crippen LogP contribution is 2.28. The minimum atomic E-state index is -0.143. The van der Waals surface area contributed by atoms with Gasteiger partial charge in [0, 0.05) is 18.8 Å². The third-order valence-corrected chi connectivity index (χ3v) is 6.20. The second kappa shape index (κ2) is 9.53. The number of para-hydroxylation sites is 1. The molecule has 3 aromatic rings. The van der Waals surface area contributed by atoms with Crippen molar-refractivity contribution in [2.24, 2.45) is 5.10 Å². The summed E-state index contributed by atoms with van der Waals surface area (Å²) in [7, 11) is 0. The molecule has 0 aliphatic carbocycles. The van der Waals surface area contributed by atoms with E-state index in [9.17, 15) is 4.79 Å². The topological polar surface area (TPSA) is 57.6 Å². The second-order valence-corrected chi connectivity index (χ2v) is 8.05. The van der Waals surface area contributed by atoms with E-state index in [4.69, 9.17) is 0 Å². The maximum absolute atomic E-state index is 12.0. The van der Waals surface area contributed by atoms with Crippen LogP contribution < -0.4 is 10.3 Å². The van der Waals surface area contributed by atoms with Crippen LogP contribution in [0.15, 0.2) is 58.0 Å². The van der Waals surface area contributed by atoms with E-state index in [1.165, 1.54) is 17.4 Å². The lowest BCUT2D eigenvalue weighted by molar-refractivity contribution is -0.118. The van der Waals surface area contributed by atoms with Crippen molar-refractivity contribution < 1.29 is 4.79 Å². The number of thiazole rings is 1. The van der Waals surface area contributed by atoms with Gasteiger partial charge in [0.25, 0.3) is 5.91 Å². The van der Waals surface area contributed by atoms with Crippen LogP contribution in [-0.4, -0.2) is 35.9 Å². The molecule has 140 valence electrons. The summed E-state index contributed by atoms with van der Waals surface area (Å²) in [6.45, 7) is 6.24. The SMILES string of the molecule is CCN(CC)c1ccc(/C=N\NC(=O)CSc2nc3ccccc3s2)cc1. The number of carbonyl (C=O) groups is 1. The normalized spacial score (nSPS) is 11.2. The number of thioether (sulfide) groups is 1. The van der Waals surface area contributed by atoms with Crippen LogP contribution in [0.25, 0.3) is 10.2 Å². The fourth-order valence-corrected chi connectivity index (χ4v) is 4.47. The standard InChI is InChI=1S/C20H22N4OS2/c1-3-24(4-2)16-11-9-15(10-12-16)13-21-23-19(25)14-26-20-22-17-7-5-6-8-18(17)27-20/h5-13H,3-4,14H2,1-2H3,(H,23,25)/b21-13-. The zero-order chi connectivity index (χ0) is 19.1. The molecule has 1 heterocycles. The van der Waals surface area contributed by atoms with Crippen molar-refractivity contribution in [3.05, 3.63) is 54.1 Å². The van der Waals surface area contributed by atoms with Crippen LogP contribution in [0.3, 0.4) is 0 Å². The van der Waals surface area contributed by atoms with E-state index in [1.54, 1.807) is 17.6 Å². The number of rotatable bonds is 8. The first-order chi connectivity index (χ1) is 13.2. The van der Waals surface area contributed by atoms with E-state index in [-0.39, 0.29) is 11.7 Å². The van der Waals surface area contributed by atoms with E-state index in [0.717, 1.165) is 33.2 Å². The summed E-state index contributed by atoms with van der Waals surface area (Å²) in [5.74, 6) is 0.146. The Morgan fingerprint density at radius 1 is 1.19 bits per heavy atom. The number of carbonyl (C=O) groups excluding carboxylic acids is 1. The van der Waals surface area contributed by atoms with Crippen LogP contribution in [0.2, 0.25) is 0 Å². The molecule has 0 radical (unpaired) electrons. The Kier molecular flexibility index (Phi) is 6.84. The fraction of sp³-hybridized carbons (Fsp3) is 0.250. The highest BCUT2D eigenvalue weighted by molar-refractivity contribution is 8.01. The summed E-state index contributed by atoms with van der Waals surface area (Å²) in [5.41, 5.74) is 5.68. The predicted molar refractivity (Wildman–Crippen MR) is 116 cm³/mol. The van der Waals surface area contributed by atoms with Crippen molar-refractivity contribution in [3.63, 3.8) is 0 Å². The Balaban J connectivity index is 1.48. The van der Waals surface area contributed by atoms with Gasteiger partial charge in [0.15, 0.2) is 4.34 Å². The van der Waals surface area contributed by atoms with Crippen LogP contribution in [0.4, 0.5) is 5.69 Å². The van der Waals surface area contributed by atoms with Crippen molar-refractivity contribution in [2.45, 2.75) is 18.2 Å². The number of nitrogens with zero attached hydrogens (tertiary/aromatic N) is 3. The van der Waals surface area contributed by atoms with E-state index in [1.807, 2.05) is 36.4 Å². The zero-order valence-electron chi connectivity index (χ0n) is 15.4. The number of anilines is 1. The molecule has 0 saturated heterocycles. The highest BCUT2D eigenvalue weighted by Gasteiger charge is 2.07. The smallest absolute Gasteiger partial charge is 0.250 e. The Hall–Kier alpha value is -2.38. The van der Waals surface area contributed by atoms with Gasteiger partial charge in [-0.25, -0.2) is 10.4 Å². The summed E-state index contributed by atoms with van der Waals surface area (Å²) in [4.78, 5) is 18.8. The molecular formula is C20H22N4OS2. The Bertz CT molecular complexity index is 884. The van der Waals surface area contributed by atoms with Gasteiger partial charge in [-0.1, -0.05) is 36.0 Å². The van der Waals surface area contributed by atoms with Gasteiger partial charge < -0.3 is 4.90 Å². The highest BCUT2D eigenvalue weighted by atomic mass is 32.2. The molecule has 7 heteroatoms.